The molecule has 2 aromatic rings. The van der Waals surface area contributed by atoms with E-state index in [9.17, 15) is 0 Å². The topological polar surface area (TPSA) is 88.3 Å². The third-order valence-electron chi connectivity index (χ3n) is 3.82. The summed E-state index contributed by atoms with van der Waals surface area (Å²) in [5.41, 5.74) is 7.62. The number of nitrogens with one attached hydrogen (secondary N) is 2. The van der Waals surface area contributed by atoms with Crippen LogP contribution in [0.1, 0.15) is 0 Å². The standard InChI is InChI=1S/C16H21BrN6O/c17-12-1-3-13(4-2-12)22-16-14(18)15(20-11-21-16)19-5-6-23-7-9-24-10-8-23/h1-4,11H,5-10,18H2,(H2,19,20,21,22). The number of nitrogens with two attached hydrogens (primary N) is 1. The van der Waals surface area contributed by atoms with Crippen LogP contribution in [-0.4, -0.2) is 54.3 Å². The zero-order chi connectivity index (χ0) is 16.8. The summed E-state index contributed by atoms with van der Waals surface area (Å²) in [4.78, 5) is 10.8. The van der Waals surface area contributed by atoms with E-state index in [2.05, 4.69) is 41.4 Å². The molecule has 1 fully saturated rings. The number of hydrogen-bond donors (Lipinski definition) is 3. The van der Waals surface area contributed by atoms with Crippen molar-refractivity contribution in [1.29, 1.82) is 0 Å². The summed E-state index contributed by atoms with van der Waals surface area (Å²) in [5.74, 6) is 1.25. The number of nitrogen functional groups attached to an aromatic ring is 1. The van der Waals surface area contributed by atoms with Crippen molar-refractivity contribution < 1.29 is 4.74 Å². The van der Waals surface area contributed by atoms with E-state index in [-0.39, 0.29) is 0 Å². The van der Waals surface area contributed by atoms with Gasteiger partial charge in [-0.25, -0.2) is 9.97 Å². The summed E-state index contributed by atoms with van der Waals surface area (Å²) in [6.45, 7) is 5.25. The van der Waals surface area contributed by atoms with Crippen LogP contribution in [0.15, 0.2) is 35.1 Å². The average molecular weight is 393 g/mol. The molecule has 2 heterocycles. The number of rotatable bonds is 6. The Morgan fingerprint density at radius 2 is 1.83 bits per heavy atom. The van der Waals surface area contributed by atoms with Crippen molar-refractivity contribution >= 4 is 38.9 Å². The molecular formula is C16H21BrN6O. The van der Waals surface area contributed by atoms with Crippen LogP contribution < -0.4 is 16.4 Å². The highest BCUT2D eigenvalue weighted by Gasteiger charge is 2.11. The van der Waals surface area contributed by atoms with Crippen molar-refractivity contribution in [2.24, 2.45) is 0 Å². The molecule has 0 atom stereocenters. The molecule has 1 aromatic carbocycles. The second-order valence-corrected chi connectivity index (χ2v) is 6.41. The summed E-state index contributed by atoms with van der Waals surface area (Å²) < 4.78 is 6.37. The summed E-state index contributed by atoms with van der Waals surface area (Å²) in [6, 6.07) is 7.83. The maximum Gasteiger partial charge on any atom is 0.159 e. The molecule has 0 radical (unpaired) electrons. The van der Waals surface area contributed by atoms with E-state index in [0.717, 1.165) is 49.6 Å². The summed E-state index contributed by atoms with van der Waals surface area (Å²) >= 11 is 3.42. The Bertz CT molecular complexity index is 660. The Balaban J connectivity index is 1.59. The third kappa shape index (κ3) is 4.56. The summed E-state index contributed by atoms with van der Waals surface area (Å²) in [7, 11) is 0. The van der Waals surface area contributed by atoms with Gasteiger partial charge in [-0.3, -0.25) is 4.90 Å². The molecule has 0 unspecified atom stereocenters. The first-order valence-electron chi connectivity index (χ1n) is 7.89. The summed E-state index contributed by atoms with van der Waals surface area (Å²) in [5, 5.41) is 6.51. The van der Waals surface area contributed by atoms with Gasteiger partial charge in [-0.1, -0.05) is 15.9 Å². The Hall–Kier alpha value is -1.90. The van der Waals surface area contributed by atoms with E-state index in [1.807, 2.05) is 24.3 Å². The van der Waals surface area contributed by atoms with Gasteiger partial charge in [0.25, 0.3) is 0 Å². The van der Waals surface area contributed by atoms with Gasteiger partial charge in [0, 0.05) is 36.3 Å². The Labute approximate surface area is 149 Å². The Kier molecular flexibility index (Phi) is 5.84. The fraction of sp³-hybridized carbons (Fsp3) is 0.375. The zero-order valence-corrected chi connectivity index (χ0v) is 14.9. The maximum atomic E-state index is 6.19. The molecule has 8 heteroatoms. The molecule has 0 amide bonds. The van der Waals surface area contributed by atoms with Crippen LogP contribution in [0.3, 0.4) is 0 Å². The van der Waals surface area contributed by atoms with E-state index in [0.29, 0.717) is 17.3 Å². The van der Waals surface area contributed by atoms with Crippen LogP contribution in [0.2, 0.25) is 0 Å². The minimum Gasteiger partial charge on any atom is -0.393 e. The van der Waals surface area contributed by atoms with Crippen LogP contribution in [0.4, 0.5) is 23.0 Å². The van der Waals surface area contributed by atoms with Gasteiger partial charge in [0.15, 0.2) is 11.6 Å². The van der Waals surface area contributed by atoms with Crippen LogP contribution in [0.25, 0.3) is 0 Å². The third-order valence-corrected chi connectivity index (χ3v) is 4.34. The van der Waals surface area contributed by atoms with Crippen molar-refractivity contribution in [3.8, 4) is 0 Å². The highest BCUT2D eigenvalue weighted by molar-refractivity contribution is 9.10. The number of nitrogens with zero attached hydrogens (tertiary/aromatic N) is 3. The van der Waals surface area contributed by atoms with E-state index in [1.54, 1.807) is 0 Å². The molecule has 24 heavy (non-hydrogen) atoms. The van der Waals surface area contributed by atoms with Gasteiger partial charge in [-0.15, -0.1) is 0 Å². The maximum absolute atomic E-state index is 6.19. The fourth-order valence-electron chi connectivity index (χ4n) is 2.46. The lowest BCUT2D eigenvalue weighted by Crippen LogP contribution is -2.39. The lowest BCUT2D eigenvalue weighted by molar-refractivity contribution is 0.0398. The molecule has 0 aliphatic carbocycles. The summed E-state index contributed by atoms with van der Waals surface area (Å²) in [6.07, 6.45) is 1.51. The van der Waals surface area contributed by atoms with Gasteiger partial charge in [0.05, 0.1) is 13.2 Å². The van der Waals surface area contributed by atoms with E-state index in [4.69, 9.17) is 10.5 Å². The monoisotopic (exact) mass is 392 g/mol. The van der Waals surface area contributed by atoms with Gasteiger partial charge in [-0.05, 0) is 24.3 Å². The molecule has 4 N–H and O–H groups in total. The normalized spacial score (nSPS) is 15.2. The fourth-order valence-corrected chi connectivity index (χ4v) is 2.73. The number of ether oxygens (including phenoxy) is 1. The van der Waals surface area contributed by atoms with E-state index >= 15 is 0 Å². The van der Waals surface area contributed by atoms with Crippen molar-refractivity contribution in [3.63, 3.8) is 0 Å². The minimum absolute atomic E-state index is 0.516. The average Bonchev–Trinajstić information content (AvgIpc) is 2.61. The van der Waals surface area contributed by atoms with E-state index in [1.165, 1.54) is 6.33 Å². The molecule has 7 nitrogen and oxygen atoms in total. The largest absolute Gasteiger partial charge is 0.393 e. The predicted octanol–water partition coefficient (Wildman–Crippen LogP) is 2.31. The molecule has 1 aliphatic heterocycles. The molecule has 3 rings (SSSR count). The molecule has 1 saturated heterocycles. The molecular weight excluding hydrogens is 372 g/mol. The Morgan fingerprint density at radius 3 is 2.58 bits per heavy atom. The first-order valence-corrected chi connectivity index (χ1v) is 8.69. The zero-order valence-electron chi connectivity index (χ0n) is 13.3. The van der Waals surface area contributed by atoms with Crippen molar-refractivity contribution in [2.45, 2.75) is 0 Å². The first-order chi connectivity index (χ1) is 11.7. The lowest BCUT2D eigenvalue weighted by Gasteiger charge is -2.26. The van der Waals surface area contributed by atoms with Gasteiger partial charge >= 0.3 is 0 Å². The molecule has 1 aliphatic rings. The van der Waals surface area contributed by atoms with Crippen molar-refractivity contribution in [1.82, 2.24) is 14.9 Å². The van der Waals surface area contributed by atoms with Gasteiger partial charge in [0.1, 0.15) is 12.0 Å². The molecule has 0 spiro atoms. The lowest BCUT2D eigenvalue weighted by atomic mass is 10.3. The molecule has 1 aromatic heterocycles. The predicted molar refractivity (Wildman–Crippen MR) is 99.6 cm³/mol. The quantitative estimate of drug-likeness (QED) is 0.694. The first kappa shape index (κ1) is 16.9. The number of hydrogen-bond acceptors (Lipinski definition) is 7. The van der Waals surface area contributed by atoms with Crippen LogP contribution in [-0.2, 0) is 4.74 Å². The highest BCUT2D eigenvalue weighted by Crippen LogP contribution is 2.26. The molecule has 128 valence electrons. The van der Waals surface area contributed by atoms with Gasteiger partial charge in [-0.2, -0.15) is 0 Å². The number of benzene rings is 1. The van der Waals surface area contributed by atoms with Crippen molar-refractivity contribution in [3.05, 3.63) is 35.1 Å². The second-order valence-electron chi connectivity index (χ2n) is 5.50. The van der Waals surface area contributed by atoms with Crippen LogP contribution in [0.5, 0.6) is 0 Å². The van der Waals surface area contributed by atoms with Crippen molar-refractivity contribution in [2.75, 3.05) is 55.8 Å². The number of halogens is 1. The highest BCUT2D eigenvalue weighted by atomic mass is 79.9. The van der Waals surface area contributed by atoms with E-state index < -0.39 is 0 Å². The molecule has 0 saturated carbocycles. The number of morpholine rings is 1. The smallest absolute Gasteiger partial charge is 0.159 e. The van der Waals surface area contributed by atoms with Gasteiger partial charge < -0.3 is 21.1 Å². The SMILES string of the molecule is Nc1c(NCCN2CCOCC2)ncnc1Nc1ccc(Br)cc1. The molecule has 0 bridgehead atoms. The van der Waals surface area contributed by atoms with Crippen LogP contribution >= 0.6 is 15.9 Å². The van der Waals surface area contributed by atoms with Crippen LogP contribution in [0, 0.1) is 0 Å². The van der Waals surface area contributed by atoms with Gasteiger partial charge in [0.2, 0.25) is 0 Å². The number of aromatic nitrogens is 2. The minimum atomic E-state index is 0.516. The second kappa shape index (κ2) is 8.27. The Morgan fingerprint density at radius 1 is 1.12 bits per heavy atom. The number of anilines is 4.